The Labute approximate surface area is 102 Å². The van der Waals surface area contributed by atoms with Crippen LogP contribution in [0.4, 0.5) is 0 Å². The Balaban J connectivity index is 2.96. The molecule has 0 radical (unpaired) electrons. The van der Waals surface area contributed by atoms with Crippen LogP contribution in [0.5, 0.6) is 11.5 Å². The molecule has 2 rings (SSSR count). The van der Waals surface area contributed by atoms with Crippen molar-refractivity contribution in [2.24, 2.45) is 0 Å². The molecule has 0 aliphatic heterocycles. The SMILES string of the molecule is [2H]c1c([2H])c(C([2H])([2H])c2c([2H])c([2H])c(O)c([2H])c2[2H])c([2H])c([2H])c1O. The average Bonchev–Trinajstić information content (AvgIpc) is 2.54. The van der Waals surface area contributed by atoms with Gasteiger partial charge in [0.2, 0.25) is 0 Å². The van der Waals surface area contributed by atoms with Gasteiger partial charge in [-0.3, -0.25) is 0 Å². The smallest absolute Gasteiger partial charge is 0.115 e. The highest BCUT2D eigenvalue weighted by atomic mass is 16.3. The van der Waals surface area contributed by atoms with E-state index in [0.717, 1.165) is 0 Å². The summed E-state index contributed by atoms with van der Waals surface area (Å²) in [7, 11) is 0. The summed E-state index contributed by atoms with van der Waals surface area (Å²) in [5, 5.41) is 19.1. The van der Waals surface area contributed by atoms with Gasteiger partial charge in [0.1, 0.15) is 11.5 Å². The minimum atomic E-state index is -2.96. The van der Waals surface area contributed by atoms with E-state index in [0.29, 0.717) is 0 Å². The quantitative estimate of drug-likeness (QED) is 0.800. The molecule has 15 heavy (non-hydrogen) atoms. The average molecular weight is 210 g/mol. The van der Waals surface area contributed by atoms with Gasteiger partial charge in [0.15, 0.2) is 0 Å². The fourth-order valence-electron chi connectivity index (χ4n) is 0.862. The lowest BCUT2D eigenvalue weighted by atomic mass is 10.1. The second kappa shape index (κ2) is 4.05. The fraction of sp³-hybridized carbons (Fsp3) is 0.0769. The van der Waals surface area contributed by atoms with Gasteiger partial charge < -0.3 is 10.2 Å². The zero-order valence-electron chi connectivity index (χ0n) is 17.4. The highest BCUT2D eigenvalue weighted by molar-refractivity contribution is 5.32. The molecule has 0 heterocycles. The molecule has 2 N–H and O–H groups in total. The van der Waals surface area contributed by atoms with Crippen LogP contribution in [0.2, 0.25) is 0 Å². The molecule has 2 aromatic rings. The lowest BCUT2D eigenvalue weighted by Gasteiger charge is -2.02. The first kappa shape index (κ1) is 3.27. The number of benzene rings is 2. The first-order chi connectivity index (χ1) is 11.4. The third-order valence-corrected chi connectivity index (χ3v) is 1.47. The van der Waals surface area contributed by atoms with E-state index in [1.165, 1.54) is 0 Å². The van der Waals surface area contributed by atoms with Crippen LogP contribution in [-0.4, -0.2) is 10.2 Å². The molecule has 0 fully saturated rings. The third-order valence-electron chi connectivity index (χ3n) is 1.47. The largest absolute Gasteiger partial charge is 0.508 e. The van der Waals surface area contributed by atoms with Gasteiger partial charge in [-0.05, 0) is 41.7 Å². The third kappa shape index (κ3) is 2.50. The number of phenolic OH excluding ortho intramolecular Hbond substituents is 2. The molecule has 0 atom stereocenters. The lowest BCUT2D eigenvalue weighted by Crippen LogP contribution is -1.86. The number of hydrogen-bond donors (Lipinski definition) is 2. The minimum Gasteiger partial charge on any atom is -0.508 e. The number of hydrogen-bond acceptors (Lipinski definition) is 2. The van der Waals surface area contributed by atoms with Crippen LogP contribution in [0.3, 0.4) is 0 Å². The molecule has 76 valence electrons. The Morgan fingerprint density at radius 1 is 0.800 bits per heavy atom. The maximum absolute atomic E-state index is 9.56. The van der Waals surface area contributed by atoms with E-state index < -0.39 is 77.3 Å². The Kier molecular flexibility index (Phi) is 0.883. The van der Waals surface area contributed by atoms with Crippen molar-refractivity contribution in [1.29, 1.82) is 0 Å². The van der Waals surface area contributed by atoms with Crippen LogP contribution in [0, 0.1) is 0 Å². The maximum Gasteiger partial charge on any atom is 0.115 e. The molecule has 2 heteroatoms. The van der Waals surface area contributed by atoms with Gasteiger partial charge in [0.25, 0.3) is 0 Å². The highest BCUT2D eigenvalue weighted by Crippen LogP contribution is 2.15. The van der Waals surface area contributed by atoms with E-state index in [1.807, 2.05) is 0 Å². The standard InChI is InChI=1S/C13H12O2/c14-12-5-1-10(2-6-12)9-11-3-7-13(15)8-4-11/h1-8,14-15H,9H2/i1D,2D,3D,4D,5D,6D,7D,8D,9D2. The van der Waals surface area contributed by atoms with E-state index >= 15 is 0 Å². The second-order valence-corrected chi connectivity index (χ2v) is 2.57. The molecular formula is C13H12O2. The van der Waals surface area contributed by atoms with Crippen LogP contribution in [0.1, 0.15) is 24.8 Å². The molecule has 0 saturated heterocycles. The first-order valence-electron chi connectivity index (χ1n) is 8.95. The Hall–Kier alpha value is -1.96. The van der Waals surface area contributed by atoms with Gasteiger partial charge in [0, 0.05) is 2.74 Å². The molecule has 0 spiro atoms. The van der Waals surface area contributed by atoms with Crippen LogP contribution in [0.25, 0.3) is 0 Å². The number of rotatable bonds is 2. The number of aromatic hydroxyl groups is 2. The predicted molar refractivity (Wildman–Crippen MR) is 59.0 cm³/mol. The van der Waals surface area contributed by atoms with Crippen molar-refractivity contribution in [1.82, 2.24) is 0 Å². The summed E-state index contributed by atoms with van der Waals surface area (Å²) in [4.78, 5) is 0. The second-order valence-electron chi connectivity index (χ2n) is 2.57. The van der Waals surface area contributed by atoms with Crippen molar-refractivity contribution >= 4 is 0 Å². The fourth-order valence-corrected chi connectivity index (χ4v) is 0.862. The van der Waals surface area contributed by atoms with E-state index in [9.17, 15) is 10.2 Å². The molecule has 2 nitrogen and oxygen atoms in total. The minimum absolute atomic E-state index is 0.841. The molecule has 0 aliphatic rings. The Bertz CT molecular complexity index is 764. The van der Waals surface area contributed by atoms with Gasteiger partial charge in [-0.1, -0.05) is 24.2 Å². The van der Waals surface area contributed by atoms with E-state index in [1.54, 1.807) is 0 Å². The van der Waals surface area contributed by atoms with Crippen LogP contribution in [-0.2, 0) is 6.37 Å². The summed E-state index contributed by atoms with van der Waals surface area (Å²) in [6, 6.07) is -7.21. The van der Waals surface area contributed by atoms with Gasteiger partial charge >= 0.3 is 0 Å². The predicted octanol–water partition coefficient (Wildman–Crippen LogP) is 2.69. The summed E-state index contributed by atoms with van der Waals surface area (Å²) in [6.45, 7) is 0. The molecule has 0 aromatic heterocycles. The Morgan fingerprint density at radius 2 is 1.13 bits per heavy atom. The van der Waals surface area contributed by atoms with Gasteiger partial charge in [-0.25, -0.2) is 0 Å². The molecule has 0 saturated carbocycles. The molecular weight excluding hydrogens is 188 g/mol. The lowest BCUT2D eigenvalue weighted by molar-refractivity contribution is 0.475. The summed E-state index contributed by atoms with van der Waals surface area (Å²) in [6.07, 6.45) is -2.96. The van der Waals surface area contributed by atoms with Crippen molar-refractivity contribution in [3.63, 3.8) is 0 Å². The van der Waals surface area contributed by atoms with Gasteiger partial charge in [-0.2, -0.15) is 0 Å². The van der Waals surface area contributed by atoms with E-state index in [2.05, 4.69) is 0 Å². The van der Waals surface area contributed by atoms with Crippen LogP contribution in [0.15, 0.2) is 48.3 Å². The van der Waals surface area contributed by atoms with Gasteiger partial charge in [-0.15, -0.1) is 0 Å². The molecule has 0 unspecified atom stereocenters. The van der Waals surface area contributed by atoms with Gasteiger partial charge in [0.05, 0.1) is 11.0 Å². The summed E-state index contributed by atoms with van der Waals surface area (Å²) >= 11 is 0. The topological polar surface area (TPSA) is 40.5 Å². The Morgan fingerprint density at radius 3 is 1.47 bits per heavy atom. The normalized spacial score (nSPS) is 20.5. The highest BCUT2D eigenvalue weighted by Gasteiger charge is 1.96. The van der Waals surface area contributed by atoms with Crippen molar-refractivity contribution in [2.45, 2.75) is 6.37 Å². The molecule has 0 aliphatic carbocycles. The molecule has 0 amide bonds. The van der Waals surface area contributed by atoms with E-state index in [4.69, 9.17) is 13.7 Å². The van der Waals surface area contributed by atoms with Crippen molar-refractivity contribution in [2.75, 3.05) is 0 Å². The number of phenols is 2. The summed E-state index contributed by atoms with van der Waals surface area (Å²) < 4.78 is 77.9. The molecule has 0 bridgehead atoms. The van der Waals surface area contributed by atoms with Crippen LogP contribution >= 0.6 is 0 Å². The monoisotopic (exact) mass is 210 g/mol. The van der Waals surface area contributed by atoms with E-state index in [-0.39, 0.29) is 0 Å². The zero-order chi connectivity index (χ0) is 19.4. The van der Waals surface area contributed by atoms with Crippen molar-refractivity contribution < 1.29 is 23.9 Å². The van der Waals surface area contributed by atoms with Crippen LogP contribution < -0.4 is 0 Å². The first-order valence-corrected chi connectivity index (χ1v) is 3.95. The summed E-state index contributed by atoms with van der Waals surface area (Å²) in [5.74, 6) is -1.94. The maximum atomic E-state index is 9.56. The van der Waals surface area contributed by atoms with Crippen molar-refractivity contribution in [3.8, 4) is 11.5 Å². The molecule has 2 aromatic carbocycles. The zero-order valence-corrected chi connectivity index (χ0v) is 7.39. The summed E-state index contributed by atoms with van der Waals surface area (Å²) in [5.41, 5.74) is -1.68. The van der Waals surface area contributed by atoms with Crippen molar-refractivity contribution in [3.05, 3.63) is 59.5 Å².